The Morgan fingerprint density at radius 1 is 1.00 bits per heavy atom. The van der Waals surface area contributed by atoms with Crippen molar-refractivity contribution in [1.82, 2.24) is 0 Å². The smallest absolute Gasteiger partial charge is 0.323 e. The number of carboxylic acid groups (broad SMARTS) is 1. The summed E-state index contributed by atoms with van der Waals surface area (Å²) in [6.07, 6.45) is 0. The number of hydrogen-bond donors (Lipinski definition) is 1. The molecule has 146 valence electrons. The number of rotatable bonds is 6. The van der Waals surface area contributed by atoms with Gasteiger partial charge in [0.2, 0.25) is 0 Å². The quantitative estimate of drug-likeness (QED) is 0.738. The summed E-state index contributed by atoms with van der Waals surface area (Å²) in [6, 6.07) is 11.6. The van der Waals surface area contributed by atoms with Crippen molar-refractivity contribution in [3.8, 4) is 0 Å². The molecule has 1 aliphatic heterocycles. The predicted molar refractivity (Wildman–Crippen MR) is 105 cm³/mol. The molecular weight excluding hydrogens is 382 g/mol. The minimum Gasteiger partial charge on any atom is -0.480 e. The van der Waals surface area contributed by atoms with Crippen LogP contribution in [-0.2, 0) is 23.9 Å². The Hall–Kier alpha value is -3.00. The molecule has 0 spiro atoms. The van der Waals surface area contributed by atoms with Gasteiger partial charge in [0.1, 0.15) is 19.8 Å². The number of thioether (sulfide) groups is 1. The van der Waals surface area contributed by atoms with Crippen molar-refractivity contribution in [3.63, 3.8) is 0 Å². The molecule has 0 radical (unpaired) electrons. The third-order valence-corrected chi connectivity index (χ3v) is 5.33. The molecule has 1 N–H and O–H groups in total. The van der Waals surface area contributed by atoms with Gasteiger partial charge in [0.05, 0.1) is 10.7 Å². The van der Waals surface area contributed by atoms with E-state index in [4.69, 9.17) is 9.47 Å². The number of fused-ring (bicyclic) bond motifs is 3. The van der Waals surface area contributed by atoms with Gasteiger partial charge in [-0.25, -0.2) is 0 Å². The minimum absolute atomic E-state index is 0.0903. The first kappa shape index (κ1) is 19.8. The van der Waals surface area contributed by atoms with Crippen LogP contribution in [-0.4, -0.2) is 42.8 Å². The number of carbonyl (C=O) groups excluding carboxylic acids is 2. The third-order valence-electron chi connectivity index (χ3n) is 4.08. The van der Waals surface area contributed by atoms with Gasteiger partial charge < -0.3 is 19.5 Å². The lowest BCUT2D eigenvalue weighted by atomic mass is 10.1. The summed E-state index contributed by atoms with van der Waals surface area (Å²) >= 11 is 1.37. The first-order valence-corrected chi connectivity index (χ1v) is 9.36. The van der Waals surface area contributed by atoms with E-state index in [2.05, 4.69) is 0 Å². The largest absolute Gasteiger partial charge is 0.480 e. The number of anilines is 1. The Labute approximate surface area is 165 Å². The summed E-state index contributed by atoms with van der Waals surface area (Å²) in [6.45, 7) is 2.12. The molecule has 2 aromatic carbocycles. The van der Waals surface area contributed by atoms with Gasteiger partial charge >= 0.3 is 17.9 Å². The van der Waals surface area contributed by atoms with E-state index in [0.29, 0.717) is 10.6 Å². The lowest BCUT2D eigenvalue weighted by molar-refractivity contribution is -0.141. The number of aliphatic carboxylic acids is 1. The highest BCUT2D eigenvalue weighted by Gasteiger charge is 2.31. The molecule has 28 heavy (non-hydrogen) atoms. The maximum atomic E-state index is 11.6. The van der Waals surface area contributed by atoms with Crippen LogP contribution in [0.15, 0.2) is 51.9 Å². The summed E-state index contributed by atoms with van der Waals surface area (Å²) in [5.41, 5.74) is 1.31. The highest BCUT2D eigenvalue weighted by Crippen LogP contribution is 2.50. The van der Waals surface area contributed by atoms with E-state index in [9.17, 15) is 19.5 Å². The molecule has 0 atom stereocenters. The molecule has 0 saturated carbocycles. The van der Waals surface area contributed by atoms with Crippen LogP contribution in [0.2, 0.25) is 0 Å². The third kappa shape index (κ3) is 4.28. The summed E-state index contributed by atoms with van der Waals surface area (Å²) in [5, 5.41) is 12.0. The van der Waals surface area contributed by atoms with E-state index in [1.54, 1.807) is 4.90 Å². The molecule has 3 rings (SSSR count). The molecule has 0 bridgehead atoms. The van der Waals surface area contributed by atoms with Gasteiger partial charge in [-0.3, -0.25) is 14.4 Å². The van der Waals surface area contributed by atoms with Gasteiger partial charge in [-0.05, 0) is 11.5 Å². The van der Waals surface area contributed by atoms with E-state index < -0.39 is 17.9 Å². The monoisotopic (exact) mass is 401 g/mol. The number of nitrogens with zero attached hydrogens (tertiary/aromatic N) is 1. The fraction of sp³-hybridized carbons (Fsp3) is 0.250. The van der Waals surface area contributed by atoms with E-state index >= 15 is 0 Å². The van der Waals surface area contributed by atoms with Gasteiger partial charge in [-0.2, -0.15) is 0 Å². The van der Waals surface area contributed by atoms with Crippen LogP contribution in [0.5, 0.6) is 0 Å². The standard InChI is InChI=1S/C20H19NO6S/c1-12(22)26-10-15(11-27-13(2)23)20-21(9-18(24)25)19-16-6-4-3-5-14(16)7-8-17(19)28-20/h3-8H,9-11H2,1-2H3,(H,24,25). The second-order valence-electron chi connectivity index (χ2n) is 6.18. The molecule has 0 aromatic heterocycles. The number of hydrogen-bond acceptors (Lipinski definition) is 7. The maximum Gasteiger partial charge on any atom is 0.323 e. The van der Waals surface area contributed by atoms with Crippen molar-refractivity contribution in [2.24, 2.45) is 0 Å². The minimum atomic E-state index is -1.00. The van der Waals surface area contributed by atoms with Gasteiger partial charge in [-0.15, -0.1) is 0 Å². The summed E-state index contributed by atoms with van der Waals surface area (Å²) in [4.78, 5) is 36.7. The lowest BCUT2D eigenvalue weighted by Crippen LogP contribution is -2.28. The average Bonchev–Trinajstić information content (AvgIpc) is 2.99. The Kier molecular flexibility index (Phi) is 5.89. The zero-order valence-electron chi connectivity index (χ0n) is 15.4. The van der Waals surface area contributed by atoms with Crippen molar-refractivity contribution >= 4 is 46.1 Å². The number of esters is 2. The van der Waals surface area contributed by atoms with Gasteiger partial charge in [0, 0.05) is 29.7 Å². The molecule has 0 aliphatic carbocycles. The molecule has 7 nitrogen and oxygen atoms in total. The Morgan fingerprint density at radius 3 is 2.25 bits per heavy atom. The van der Waals surface area contributed by atoms with Crippen molar-refractivity contribution < 1.29 is 29.0 Å². The summed E-state index contributed by atoms with van der Waals surface area (Å²) < 4.78 is 10.2. The Morgan fingerprint density at radius 2 is 1.64 bits per heavy atom. The van der Waals surface area contributed by atoms with Crippen molar-refractivity contribution in [1.29, 1.82) is 0 Å². The van der Waals surface area contributed by atoms with Gasteiger partial charge in [0.15, 0.2) is 0 Å². The van der Waals surface area contributed by atoms with Crippen LogP contribution in [0, 0.1) is 0 Å². The van der Waals surface area contributed by atoms with E-state index in [0.717, 1.165) is 21.4 Å². The highest BCUT2D eigenvalue weighted by atomic mass is 32.2. The van der Waals surface area contributed by atoms with Crippen LogP contribution >= 0.6 is 11.8 Å². The van der Waals surface area contributed by atoms with Crippen LogP contribution in [0.1, 0.15) is 13.8 Å². The number of carboxylic acids is 1. The second-order valence-corrected chi connectivity index (χ2v) is 7.22. The van der Waals surface area contributed by atoms with E-state index in [1.807, 2.05) is 36.4 Å². The molecule has 0 unspecified atom stereocenters. The first-order valence-electron chi connectivity index (χ1n) is 8.54. The van der Waals surface area contributed by atoms with Crippen LogP contribution in [0.3, 0.4) is 0 Å². The molecule has 1 heterocycles. The average molecular weight is 401 g/mol. The predicted octanol–water partition coefficient (Wildman–Crippen LogP) is 3.17. The van der Waals surface area contributed by atoms with Gasteiger partial charge in [0.25, 0.3) is 0 Å². The van der Waals surface area contributed by atoms with Crippen LogP contribution in [0.4, 0.5) is 5.69 Å². The Balaban J connectivity index is 2.11. The van der Waals surface area contributed by atoms with Gasteiger partial charge in [-0.1, -0.05) is 42.1 Å². The fourth-order valence-corrected chi connectivity index (χ4v) is 4.14. The van der Waals surface area contributed by atoms with Crippen LogP contribution in [0.25, 0.3) is 10.8 Å². The molecule has 8 heteroatoms. The summed E-state index contributed by atoms with van der Waals surface area (Å²) in [5.74, 6) is -1.95. The molecule has 2 aromatic rings. The summed E-state index contributed by atoms with van der Waals surface area (Å²) in [7, 11) is 0. The molecular formula is C20H19NO6S. The molecule has 0 fully saturated rings. The number of ether oxygens (including phenoxy) is 2. The number of carbonyl (C=O) groups is 3. The second kappa shape index (κ2) is 8.35. The lowest BCUT2D eigenvalue weighted by Gasteiger charge is -2.22. The fourth-order valence-electron chi connectivity index (χ4n) is 2.95. The van der Waals surface area contributed by atoms with Crippen LogP contribution < -0.4 is 4.90 Å². The molecule has 0 amide bonds. The SMILES string of the molecule is CC(=O)OCC(COC(C)=O)=C1Sc2ccc3ccccc3c2N1CC(=O)O. The van der Waals surface area contributed by atoms with E-state index in [-0.39, 0.29) is 19.8 Å². The zero-order chi connectivity index (χ0) is 20.3. The zero-order valence-corrected chi connectivity index (χ0v) is 16.2. The van der Waals surface area contributed by atoms with Crippen molar-refractivity contribution in [2.45, 2.75) is 18.7 Å². The topological polar surface area (TPSA) is 93.1 Å². The number of benzene rings is 2. The molecule has 0 saturated heterocycles. The van der Waals surface area contributed by atoms with Crippen molar-refractivity contribution in [3.05, 3.63) is 47.0 Å². The molecule has 1 aliphatic rings. The van der Waals surface area contributed by atoms with E-state index in [1.165, 1.54) is 25.6 Å². The highest BCUT2D eigenvalue weighted by molar-refractivity contribution is 8.03. The normalized spacial score (nSPS) is 12.6. The maximum absolute atomic E-state index is 11.6. The van der Waals surface area contributed by atoms with Crippen molar-refractivity contribution in [2.75, 3.05) is 24.7 Å². The Bertz CT molecular complexity index is 964. The first-order chi connectivity index (χ1) is 13.4.